The zero-order valence-electron chi connectivity index (χ0n) is 11.0. The Bertz CT molecular complexity index is 600. The Hall–Kier alpha value is -1.98. The lowest BCUT2D eigenvalue weighted by molar-refractivity contribution is 0.357. The van der Waals surface area contributed by atoms with Crippen LogP contribution in [0.25, 0.3) is 0 Å². The van der Waals surface area contributed by atoms with E-state index in [4.69, 9.17) is 22.1 Å². The summed E-state index contributed by atoms with van der Waals surface area (Å²) in [6.07, 6.45) is 1.41. The number of aliphatic hydroxyl groups excluding tert-OH is 1. The van der Waals surface area contributed by atoms with E-state index in [1.54, 1.807) is 6.07 Å². The molecule has 1 aromatic heterocycles. The maximum Gasteiger partial charge on any atom is 0.134 e. The zero-order valence-corrected chi connectivity index (χ0v) is 11.7. The smallest absolute Gasteiger partial charge is 0.134 e. The summed E-state index contributed by atoms with van der Waals surface area (Å²) < 4.78 is 0. The van der Waals surface area contributed by atoms with Gasteiger partial charge in [0.15, 0.2) is 0 Å². The van der Waals surface area contributed by atoms with E-state index in [9.17, 15) is 0 Å². The quantitative estimate of drug-likeness (QED) is 0.584. The second-order valence-electron chi connectivity index (χ2n) is 4.35. The van der Waals surface area contributed by atoms with Crippen molar-refractivity contribution in [1.82, 2.24) is 9.97 Å². The van der Waals surface area contributed by atoms with Crippen LogP contribution in [0.2, 0.25) is 5.15 Å². The molecule has 0 saturated carbocycles. The van der Waals surface area contributed by atoms with Crippen LogP contribution in [-0.4, -0.2) is 27.4 Å². The highest BCUT2D eigenvalue weighted by Gasteiger charge is 2.07. The topological polar surface area (TPSA) is 81.9 Å². The molecule has 2 rings (SSSR count). The van der Waals surface area contributed by atoms with Gasteiger partial charge in [-0.1, -0.05) is 35.9 Å². The van der Waals surface area contributed by atoms with Crippen LogP contribution < -0.4 is 5.32 Å². The summed E-state index contributed by atoms with van der Waals surface area (Å²) >= 11 is 5.81. The molecule has 0 amide bonds. The number of halogens is 1. The van der Waals surface area contributed by atoms with E-state index in [-0.39, 0.29) is 18.4 Å². The Kier molecular flexibility index (Phi) is 4.65. The van der Waals surface area contributed by atoms with Gasteiger partial charge in [-0.15, -0.1) is 0 Å². The van der Waals surface area contributed by atoms with Crippen LogP contribution in [0.4, 0.5) is 5.82 Å². The highest BCUT2D eigenvalue weighted by atomic mass is 35.5. The molecule has 0 bridgehead atoms. The monoisotopic (exact) mass is 290 g/mol. The van der Waals surface area contributed by atoms with Gasteiger partial charge in [0.05, 0.1) is 12.3 Å². The van der Waals surface area contributed by atoms with Crippen LogP contribution in [0, 0.1) is 5.41 Å². The third-order valence-electron chi connectivity index (χ3n) is 2.92. The van der Waals surface area contributed by atoms with Gasteiger partial charge in [-0.2, -0.15) is 0 Å². The lowest BCUT2D eigenvalue weighted by Crippen LogP contribution is -2.09. The molecule has 0 radical (unpaired) electrons. The summed E-state index contributed by atoms with van der Waals surface area (Å²) in [6, 6.07) is 9.17. The standard InChI is InChI=1S/C14H15ClN4O/c1-9(19-14-6-13(15)17-8-18-14)10-2-4-11(5-3-10)12(16)7-20/h2-6,8-9,16,20H,7H2,1H3,(H,17,18,19). The van der Waals surface area contributed by atoms with Crippen molar-refractivity contribution in [2.45, 2.75) is 13.0 Å². The minimum absolute atomic E-state index is 0.0401. The average molecular weight is 291 g/mol. The summed E-state index contributed by atoms with van der Waals surface area (Å²) in [4.78, 5) is 7.92. The second-order valence-corrected chi connectivity index (χ2v) is 4.74. The van der Waals surface area contributed by atoms with E-state index in [1.807, 2.05) is 31.2 Å². The van der Waals surface area contributed by atoms with Gasteiger partial charge in [0.2, 0.25) is 0 Å². The molecule has 0 aliphatic rings. The molecule has 1 heterocycles. The van der Waals surface area contributed by atoms with Crippen molar-refractivity contribution in [2.24, 2.45) is 0 Å². The van der Waals surface area contributed by atoms with E-state index in [2.05, 4.69) is 15.3 Å². The minimum atomic E-state index is -0.257. The molecule has 2 aromatic rings. The number of aromatic nitrogens is 2. The third kappa shape index (κ3) is 3.53. The maximum atomic E-state index is 8.92. The fourth-order valence-electron chi connectivity index (χ4n) is 1.78. The van der Waals surface area contributed by atoms with Gasteiger partial charge in [0.1, 0.15) is 17.3 Å². The van der Waals surface area contributed by atoms with Crippen LogP contribution in [0.5, 0.6) is 0 Å². The van der Waals surface area contributed by atoms with Gasteiger partial charge in [0, 0.05) is 12.1 Å². The van der Waals surface area contributed by atoms with E-state index in [0.29, 0.717) is 16.5 Å². The highest BCUT2D eigenvalue weighted by molar-refractivity contribution is 6.29. The molecular formula is C14H15ClN4O. The van der Waals surface area contributed by atoms with E-state index in [1.165, 1.54) is 6.33 Å². The molecule has 5 nitrogen and oxygen atoms in total. The van der Waals surface area contributed by atoms with E-state index < -0.39 is 0 Å². The lowest BCUT2D eigenvalue weighted by atomic mass is 10.0. The first-order valence-electron chi connectivity index (χ1n) is 6.13. The van der Waals surface area contributed by atoms with Crippen molar-refractivity contribution in [2.75, 3.05) is 11.9 Å². The Morgan fingerprint density at radius 1 is 1.35 bits per heavy atom. The largest absolute Gasteiger partial charge is 0.390 e. The Labute approximate surface area is 122 Å². The molecule has 0 aliphatic carbocycles. The number of aliphatic hydroxyl groups is 1. The SMILES string of the molecule is CC(Nc1cc(Cl)ncn1)c1ccc(C(=N)CO)cc1. The third-order valence-corrected chi connectivity index (χ3v) is 3.12. The van der Waals surface area contributed by atoms with E-state index in [0.717, 1.165) is 5.56 Å². The fraction of sp³-hybridized carbons (Fsp3) is 0.214. The predicted molar refractivity (Wildman–Crippen MR) is 79.4 cm³/mol. The van der Waals surface area contributed by atoms with Crippen LogP contribution in [0.15, 0.2) is 36.7 Å². The summed E-state index contributed by atoms with van der Waals surface area (Å²) in [5.74, 6) is 0.657. The van der Waals surface area contributed by atoms with Crippen molar-refractivity contribution in [3.05, 3.63) is 52.9 Å². The number of anilines is 1. The molecule has 0 aliphatic heterocycles. The van der Waals surface area contributed by atoms with Crippen molar-refractivity contribution in [3.8, 4) is 0 Å². The molecule has 0 spiro atoms. The number of hydrogen-bond acceptors (Lipinski definition) is 5. The minimum Gasteiger partial charge on any atom is -0.390 e. The van der Waals surface area contributed by atoms with Gasteiger partial charge >= 0.3 is 0 Å². The van der Waals surface area contributed by atoms with Gasteiger partial charge in [0.25, 0.3) is 0 Å². The molecular weight excluding hydrogens is 276 g/mol. The van der Waals surface area contributed by atoms with E-state index >= 15 is 0 Å². The number of rotatable bonds is 5. The van der Waals surface area contributed by atoms with Crippen LogP contribution >= 0.6 is 11.6 Å². The Balaban J connectivity index is 2.09. The predicted octanol–water partition coefficient (Wildman–Crippen LogP) is 2.66. The molecule has 1 unspecified atom stereocenters. The molecule has 1 aromatic carbocycles. The molecule has 0 saturated heterocycles. The summed E-state index contributed by atoms with van der Waals surface area (Å²) in [5.41, 5.74) is 1.97. The number of nitrogens with zero attached hydrogens (tertiary/aromatic N) is 2. The Morgan fingerprint density at radius 3 is 2.65 bits per heavy atom. The highest BCUT2D eigenvalue weighted by Crippen LogP contribution is 2.19. The van der Waals surface area contributed by atoms with Crippen molar-refractivity contribution >= 4 is 23.1 Å². The fourth-order valence-corrected chi connectivity index (χ4v) is 1.93. The lowest BCUT2D eigenvalue weighted by Gasteiger charge is -2.15. The van der Waals surface area contributed by atoms with Crippen molar-refractivity contribution in [1.29, 1.82) is 5.41 Å². The summed E-state index contributed by atoms with van der Waals surface area (Å²) in [5, 5.41) is 20.1. The van der Waals surface area contributed by atoms with Gasteiger partial charge in [-0.25, -0.2) is 9.97 Å². The average Bonchev–Trinajstić information content (AvgIpc) is 2.46. The van der Waals surface area contributed by atoms with Gasteiger partial charge in [-0.3, -0.25) is 0 Å². The molecule has 6 heteroatoms. The molecule has 20 heavy (non-hydrogen) atoms. The molecule has 104 valence electrons. The van der Waals surface area contributed by atoms with Crippen molar-refractivity contribution < 1.29 is 5.11 Å². The second kappa shape index (κ2) is 6.45. The van der Waals surface area contributed by atoms with Crippen molar-refractivity contribution in [3.63, 3.8) is 0 Å². The molecule has 0 fully saturated rings. The first-order chi connectivity index (χ1) is 9.60. The van der Waals surface area contributed by atoms with Gasteiger partial charge in [-0.05, 0) is 18.1 Å². The summed E-state index contributed by atoms with van der Waals surface area (Å²) in [7, 11) is 0. The van der Waals surface area contributed by atoms with Crippen LogP contribution in [0.1, 0.15) is 24.1 Å². The first-order valence-corrected chi connectivity index (χ1v) is 6.50. The van der Waals surface area contributed by atoms with Gasteiger partial charge < -0.3 is 15.8 Å². The normalized spacial score (nSPS) is 11.9. The number of nitrogens with one attached hydrogen (secondary N) is 2. The first kappa shape index (κ1) is 14.4. The summed E-state index contributed by atoms with van der Waals surface area (Å²) in [6.45, 7) is 1.75. The number of benzene rings is 1. The zero-order chi connectivity index (χ0) is 14.5. The van der Waals surface area contributed by atoms with Crippen LogP contribution in [-0.2, 0) is 0 Å². The molecule has 3 N–H and O–H groups in total. The Morgan fingerprint density at radius 2 is 2.05 bits per heavy atom. The number of hydrogen-bond donors (Lipinski definition) is 3. The maximum absolute atomic E-state index is 8.92. The molecule has 1 atom stereocenters. The van der Waals surface area contributed by atoms with Crippen LogP contribution in [0.3, 0.4) is 0 Å².